The fourth-order valence-electron chi connectivity index (χ4n) is 1.27. The number of aryl methyl sites for hydroxylation is 1. The van der Waals surface area contributed by atoms with E-state index in [1.165, 1.54) is 11.1 Å². The summed E-state index contributed by atoms with van der Waals surface area (Å²) in [5.41, 5.74) is 0. The van der Waals surface area contributed by atoms with Gasteiger partial charge in [-0.05, 0) is 6.92 Å². The van der Waals surface area contributed by atoms with Crippen LogP contribution in [-0.4, -0.2) is 24.9 Å². The maximum Gasteiger partial charge on any atom is 0.249 e. The molecule has 0 unspecified atom stereocenters. The van der Waals surface area contributed by atoms with E-state index in [4.69, 9.17) is 5.14 Å². The van der Waals surface area contributed by atoms with Crippen LogP contribution >= 0.6 is 22.7 Å². The second kappa shape index (κ2) is 5.31. The highest BCUT2D eigenvalue weighted by molar-refractivity contribution is 7.91. The molecule has 0 amide bonds. The van der Waals surface area contributed by atoms with E-state index in [-0.39, 0.29) is 4.21 Å². The Bertz CT molecular complexity index is 632. The van der Waals surface area contributed by atoms with Crippen molar-refractivity contribution < 1.29 is 8.42 Å². The molecule has 2 aromatic heterocycles. The zero-order chi connectivity index (χ0) is 13.2. The molecule has 0 atom stereocenters. The molecule has 18 heavy (non-hydrogen) atoms. The lowest BCUT2D eigenvalue weighted by atomic mass is 10.4. The molecular formula is C9H12N4O2S3. The smallest absolute Gasteiger partial charge is 0.249 e. The van der Waals surface area contributed by atoms with Gasteiger partial charge in [-0.3, -0.25) is 0 Å². The van der Waals surface area contributed by atoms with Gasteiger partial charge in [-0.15, -0.1) is 11.3 Å². The second-order valence-electron chi connectivity index (χ2n) is 3.57. The molecule has 0 fully saturated rings. The van der Waals surface area contributed by atoms with Crippen LogP contribution < -0.4 is 10.5 Å². The zero-order valence-corrected chi connectivity index (χ0v) is 12.0. The molecule has 0 spiro atoms. The van der Waals surface area contributed by atoms with E-state index in [0.29, 0.717) is 11.7 Å². The second-order valence-corrected chi connectivity index (χ2v) is 7.71. The summed E-state index contributed by atoms with van der Waals surface area (Å²) in [4.78, 5) is 9.36. The third-order valence-corrected chi connectivity index (χ3v) is 5.38. The monoisotopic (exact) mass is 304 g/mol. The predicted octanol–water partition coefficient (Wildman–Crippen LogP) is 1.21. The minimum atomic E-state index is -3.65. The summed E-state index contributed by atoms with van der Waals surface area (Å²) in [5, 5.41) is 9.64. The quantitative estimate of drug-likeness (QED) is 0.865. The highest BCUT2D eigenvalue weighted by Gasteiger charge is 2.12. The van der Waals surface area contributed by atoms with Crippen LogP contribution in [0.4, 0.5) is 5.13 Å². The molecule has 2 aromatic rings. The molecule has 9 heteroatoms. The molecule has 3 N–H and O–H groups in total. The first-order valence-electron chi connectivity index (χ1n) is 5.09. The van der Waals surface area contributed by atoms with Crippen molar-refractivity contribution >= 4 is 37.8 Å². The zero-order valence-electron chi connectivity index (χ0n) is 9.58. The van der Waals surface area contributed by atoms with E-state index in [1.807, 2.05) is 13.1 Å². The summed E-state index contributed by atoms with van der Waals surface area (Å²) in [6.45, 7) is 2.67. The van der Waals surface area contributed by atoms with Gasteiger partial charge in [-0.1, -0.05) is 11.3 Å². The number of primary sulfonamides is 1. The molecule has 0 aromatic carbocycles. The summed E-state index contributed by atoms with van der Waals surface area (Å²) in [6, 6.07) is 0. The first kappa shape index (κ1) is 13.4. The molecule has 0 radical (unpaired) electrons. The SMILES string of the molecule is Cc1cnc(CCNc2ncc(S(N)(=O)=O)s2)s1. The highest BCUT2D eigenvalue weighted by atomic mass is 32.2. The number of sulfonamides is 1. The number of nitrogens with one attached hydrogen (secondary N) is 1. The van der Waals surface area contributed by atoms with Crippen LogP contribution in [0.3, 0.4) is 0 Å². The third-order valence-electron chi connectivity index (χ3n) is 2.05. The Labute approximate surface area is 113 Å². The summed E-state index contributed by atoms with van der Waals surface area (Å²) in [7, 11) is -3.65. The Morgan fingerprint density at radius 1 is 1.33 bits per heavy atom. The number of hydrogen-bond donors (Lipinski definition) is 2. The molecule has 0 aliphatic carbocycles. The van der Waals surface area contributed by atoms with Crippen LogP contribution in [0.5, 0.6) is 0 Å². The van der Waals surface area contributed by atoms with Crippen LogP contribution in [0.1, 0.15) is 9.88 Å². The number of hydrogen-bond acceptors (Lipinski definition) is 7. The van der Waals surface area contributed by atoms with Gasteiger partial charge >= 0.3 is 0 Å². The highest BCUT2D eigenvalue weighted by Crippen LogP contribution is 2.21. The van der Waals surface area contributed by atoms with Gasteiger partial charge in [0.05, 0.1) is 11.2 Å². The van der Waals surface area contributed by atoms with Gasteiger partial charge in [0.15, 0.2) is 9.34 Å². The average Bonchev–Trinajstić information content (AvgIpc) is 2.87. The first-order valence-corrected chi connectivity index (χ1v) is 8.27. The molecule has 0 bridgehead atoms. The summed E-state index contributed by atoms with van der Waals surface area (Å²) in [5.74, 6) is 0. The fourth-order valence-corrected chi connectivity index (χ4v) is 3.53. The topological polar surface area (TPSA) is 98.0 Å². The summed E-state index contributed by atoms with van der Waals surface area (Å²) >= 11 is 2.68. The number of aromatic nitrogens is 2. The molecule has 98 valence electrons. The predicted molar refractivity (Wildman–Crippen MR) is 72.5 cm³/mol. The Morgan fingerprint density at radius 2 is 2.11 bits per heavy atom. The van der Waals surface area contributed by atoms with Gasteiger partial charge in [0, 0.05) is 24.0 Å². The molecule has 6 nitrogen and oxygen atoms in total. The molecule has 2 heterocycles. The van der Waals surface area contributed by atoms with Crippen LogP contribution in [0.25, 0.3) is 0 Å². The third kappa shape index (κ3) is 3.48. The van der Waals surface area contributed by atoms with E-state index >= 15 is 0 Å². The van der Waals surface area contributed by atoms with Gasteiger partial charge in [-0.2, -0.15) is 0 Å². The molecular weight excluding hydrogens is 292 g/mol. The Hall–Kier alpha value is -1.03. The van der Waals surface area contributed by atoms with E-state index in [1.54, 1.807) is 11.3 Å². The van der Waals surface area contributed by atoms with Gasteiger partial charge < -0.3 is 5.32 Å². The minimum Gasteiger partial charge on any atom is -0.361 e. The maximum atomic E-state index is 11.1. The number of rotatable bonds is 5. The van der Waals surface area contributed by atoms with Gasteiger partial charge in [0.25, 0.3) is 0 Å². The van der Waals surface area contributed by atoms with Crippen molar-refractivity contribution in [2.24, 2.45) is 5.14 Å². The molecule has 0 saturated heterocycles. The van der Waals surface area contributed by atoms with Crippen LogP contribution in [0.15, 0.2) is 16.6 Å². The van der Waals surface area contributed by atoms with E-state index < -0.39 is 10.0 Å². The number of nitrogens with zero attached hydrogens (tertiary/aromatic N) is 2. The van der Waals surface area contributed by atoms with Gasteiger partial charge in [-0.25, -0.2) is 23.5 Å². The van der Waals surface area contributed by atoms with E-state index in [9.17, 15) is 8.42 Å². The van der Waals surface area contributed by atoms with Crippen LogP contribution in [0.2, 0.25) is 0 Å². The van der Waals surface area contributed by atoms with Crippen molar-refractivity contribution in [1.82, 2.24) is 9.97 Å². The van der Waals surface area contributed by atoms with Gasteiger partial charge in [0.2, 0.25) is 10.0 Å². The normalized spacial score (nSPS) is 11.7. The van der Waals surface area contributed by atoms with E-state index in [0.717, 1.165) is 22.8 Å². The van der Waals surface area contributed by atoms with Crippen molar-refractivity contribution in [3.63, 3.8) is 0 Å². The van der Waals surface area contributed by atoms with Crippen molar-refractivity contribution in [3.05, 3.63) is 22.3 Å². The Kier molecular flexibility index (Phi) is 3.95. The number of anilines is 1. The lowest BCUT2D eigenvalue weighted by Gasteiger charge is -1.99. The molecule has 0 aliphatic heterocycles. The standard InChI is InChI=1S/C9H12N4O2S3/c1-6-4-12-7(16-6)2-3-11-9-13-5-8(17-9)18(10,14)15/h4-5H,2-3H2,1H3,(H,11,13)(H2,10,14,15). The number of thiazole rings is 2. The van der Waals surface area contributed by atoms with Gasteiger partial charge in [0.1, 0.15) is 0 Å². The van der Waals surface area contributed by atoms with Crippen molar-refractivity contribution in [2.45, 2.75) is 17.6 Å². The van der Waals surface area contributed by atoms with Crippen LogP contribution in [0, 0.1) is 6.92 Å². The number of nitrogens with two attached hydrogens (primary N) is 1. The van der Waals surface area contributed by atoms with Crippen molar-refractivity contribution in [2.75, 3.05) is 11.9 Å². The lowest BCUT2D eigenvalue weighted by molar-refractivity contribution is 0.599. The summed E-state index contributed by atoms with van der Waals surface area (Å²) < 4.78 is 22.2. The van der Waals surface area contributed by atoms with Crippen LogP contribution in [-0.2, 0) is 16.4 Å². The van der Waals surface area contributed by atoms with E-state index in [2.05, 4.69) is 15.3 Å². The maximum absolute atomic E-state index is 11.1. The average molecular weight is 304 g/mol. The lowest BCUT2D eigenvalue weighted by Crippen LogP contribution is -2.09. The molecule has 2 rings (SSSR count). The molecule has 0 aliphatic rings. The van der Waals surface area contributed by atoms with Crippen molar-refractivity contribution in [1.29, 1.82) is 0 Å². The fraction of sp³-hybridized carbons (Fsp3) is 0.333. The molecule has 0 saturated carbocycles. The first-order chi connectivity index (χ1) is 8.45. The summed E-state index contributed by atoms with van der Waals surface area (Å²) in [6.07, 6.45) is 3.88. The largest absolute Gasteiger partial charge is 0.361 e. The minimum absolute atomic E-state index is 0.0649. The Balaban J connectivity index is 1.89. The Morgan fingerprint density at radius 3 is 2.67 bits per heavy atom. The van der Waals surface area contributed by atoms with Crippen molar-refractivity contribution in [3.8, 4) is 0 Å².